The Hall–Kier alpha value is -3.86. The van der Waals surface area contributed by atoms with Crippen molar-refractivity contribution < 1.29 is 14.4 Å². The molecule has 0 saturated carbocycles. The van der Waals surface area contributed by atoms with Gasteiger partial charge in [-0.25, -0.2) is 0 Å². The number of anilines is 1. The van der Waals surface area contributed by atoms with Gasteiger partial charge < -0.3 is 0 Å². The van der Waals surface area contributed by atoms with E-state index < -0.39 is 0 Å². The molecule has 0 radical (unpaired) electrons. The lowest BCUT2D eigenvalue weighted by Gasteiger charge is -2.19. The van der Waals surface area contributed by atoms with E-state index in [1.165, 1.54) is 11.1 Å². The van der Waals surface area contributed by atoms with Crippen molar-refractivity contribution in [3.8, 4) is 0 Å². The van der Waals surface area contributed by atoms with Gasteiger partial charge in [-0.15, -0.1) is 0 Å². The molecule has 1 amide bonds. The number of benzene rings is 2. The summed E-state index contributed by atoms with van der Waals surface area (Å²) in [5.41, 5.74) is 3.23. The molecular formula is C23H14N2O3. The molecule has 0 unspecified atom stereocenters. The van der Waals surface area contributed by atoms with E-state index in [4.69, 9.17) is 0 Å². The average molecular weight is 366 g/mol. The molecule has 28 heavy (non-hydrogen) atoms. The van der Waals surface area contributed by atoms with Gasteiger partial charge >= 0.3 is 0 Å². The number of ketones is 2. The van der Waals surface area contributed by atoms with E-state index in [0.29, 0.717) is 34.4 Å². The molecule has 2 aromatic carbocycles. The Kier molecular flexibility index (Phi) is 3.55. The number of amides is 1. The topological polar surface area (TPSA) is 67.3 Å². The Morgan fingerprint density at radius 1 is 0.857 bits per heavy atom. The molecular weight excluding hydrogens is 352 g/mol. The Labute approximate surface area is 160 Å². The summed E-state index contributed by atoms with van der Waals surface area (Å²) in [7, 11) is 0. The Morgan fingerprint density at radius 2 is 1.61 bits per heavy atom. The number of aromatic nitrogens is 1. The molecule has 0 bridgehead atoms. The molecule has 134 valence electrons. The molecule has 1 aromatic heterocycles. The normalized spacial score (nSPS) is 17.6. The van der Waals surface area contributed by atoms with Crippen molar-refractivity contribution in [2.75, 3.05) is 4.90 Å². The highest BCUT2D eigenvalue weighted by molar-refractivity contribution is 6.31. The van der Waals surface area contributed by atoms with Crippen molar-refractivity contribution in [3.63, 3.8) is 0 Å². The first-order valence-electron chi connectivity index (χ1n) is 8.91. The van der Waals surface area contributed by atoms with Crippen LogP contribution in [-0.4, -0.2) is 22.5 Å². The maximum absolute atomic E-state index is 13.3. The van der Waals surface area contributed by atoms with Crippen LogP contribution in [0.2, 0.25) is 0 Å². The van der Waals surface area contributed by atoms with Crippen LogP contribution in [0.15, 0.2) is 84.3 Å². The van der Waals surface area contributed by atoms with Crippen molar-refractivity contribution in [2.45, 2.75) is 6.42 Å². The van der Waals surface area contributed by atoms with E-state index in [-0.39, 0.29) is 23.2 Å². The second-order valence-corrected chi connectivity index (χ2v) is 6.72. The van der Waals surface area contributed by atoms with Crippen LogP contribution in [-0.2, 0) is 6.42 Å². The largest absolute Gasteiger partial charge is 0.289 e. The van der Waals surface area contributed by atoms with Gasteiger partial charge in [-0.1, -0.05) is 36.4 Å². The lowest BCUT2D eigenvalue weighted by molar-refractivity contribution is 0.0968. The third kappa shape index (κ3) is 2.26. The summed E-state index contributed by atoms with van der Waals surface area (Å²) >= 11 is 0. The van der Waals surface area contributed by atoms with Crippen molar-refractivity contribution in [2.24, 2.45) is 0 Å². The number of allylic oxidation sites excluding steroid dienone is 2. The van der Waals surface area contributed by atoms with Crippen molar-refractivity contribution in [1.82, 2.24) is 4.98 Å². The van der Waals surface area contributed by atoms with Crippen LogP contribution < -0.4 is 4.90 Å². The molecule has 2 aliphatic rings. The highest BCUT2D eigenvalue weighted by Gasteiger charge is 2.41. The maximum Gasteiger partial charge on any atom is 0.264 e. The number of para-hydroxylation sites is 1. The van der Waals surface area contributed by atoms with E-state index >= 15 is 0 Å². The van der Waals surface area contributed by atoms with E-state index in [1.54, 1.807) is 54.7 Å². The van der Waals surface area contributed by atoms with E-state index in [9.17, 15) is 14.4 Å². The summed E-state index contributed by atoms with van der Waals surface area (Å²) in [6, 6.07) is 17.5. The number of Topliss-reactive ketones (excluding diaryl/α,β-unsaturated/α-hetero) is 2. The zero-order chi connectivity index (χ0) is 19.3. The third-order valence-corrected chi connectivity index (χ3v) is 5.13. The summed E-state index contributed by atoms with van der Waals surface area (Å²) in [6.45, 7) is 0. The lowest BCUT2D eigenvalue weighted by atomic mass is 10.0. The zero-order valence-corrected chi connectivity index (χ0v) is 14.8. The molecule has 0 atom stereocenters. The van der Waals surface area contributed by atoms with Crippen molar-refractivity contribution >= 4 is 23.2 Å². The van der Waals surface area contributed by atoms with Gasteiger partial charge in [0.25, 0.3) is 5.91 Å². The van der Waals surface area contributed by atoms with Gasteiger partial charge in [-0.2, -0.15) is 0 Å². The van der Waals surface area contributed by atoms with Crippen molar-refractivity contribution in [3.05, 3.63) is 107 Å². The number of rotatable bonds is 1. The first-order valence-corrected chi connectivity index (χ1v) is 8.91. The molecule has 0 spiro atoms. The van der Waals surface area contributed by atoms with Crippen LogP contribution >= 0.6 is 0 Å². The minimum atomic E-state index is -0.377. The van der Waals surface area contributed by atoms with Crippen LogP contribution in [0.25, 0.3) is 0 Å². The first-order chi connectivity index (χ1) is 13.7. The number of fused-ring (bicyclic) bond motifs is 2. The minimum Gasteiger partial charge on any atom is -0.289 e. The van der Waals surface area contributed by atoms with Gasteiger partial charge in [0.2, 0.25) is 5.78 Å². The highest BCUT2D eigenvalue weighted by atomic mass is 16.2. The third-order valence-electron chi connectivity index (χ3n) is 5.13. The molecule has 5 nitrogen and oxygen atoms in total. The Bertz CT molecular complexity index is 1200. The first kappa shape index (κ1) is 16.3. The SMILES string of the molecule is O=C1/C(=C2/C(=O)c3ccccc3N2C(=O)c2cccnc2)Cc2ccccc21. The monoisotopic (exact) mass is 366 g/mol. The van der Waals surface area contributed by atoms with Crippen LogP contribution in [0.4, 0.5) is 5.69 Å². The number of hydrogen-bond donors (Lipinski definition) is 0. The minimum absolute atomic E-state index is 0.149. The Morgan fingerprint density at radius 3 is 2.36 bits per heavy atom. The molecule has 0 saturated heterocycles. The maximum atomic E-state index is 13.3. The predicted molar refractivity (Wildman–Crippen MR) is 103 cm³/mol. The van der Waals surface area contributed by atoms with Gasteiger partial charge in [-0.3, -0.25) is 24.3 Å². The average Bonchev–Trinajstić information content (AvgIpc) is 3.23. The quantitative estimate of drug-likeness (QED) is 0.617. The van der Waals surface area contributed by atoms with Crippen LogP contribution in [0, 0.1) is 0 Å². The molecule has 3 aromatic rings. The standard InChI is InChI=1S/C23H14N2O3/c26-21-16-8-2-1-6-14(16)12-18(21)20-22(27)17-9-3-4-10-19(17)25(20)23(28)15-7-5-11-24-13-15/h1-11,13H,12H2/b20-18-. The van der Waals surface area contributed by atoms with Gasteiger partial charge in [-0.05, 0) is 29.8 Å². The second kappa shape index (κ2) is 6.09. The van der Waals surface area contributed by atoms with Crippen LogP contribution in [0.1, 0.15) is 36.6 Å². The van der Waals surface area contributed by atoms with E-state index in [2.05, 4.69) is 4.98 Å². The number of carbonyl (C=O) groups excluding carboxylic acids is 3. The molecule has 5 rings (SSSR count). The number of hydrogen-bond acceptors (Lipinski definition) is 4. The summed E-state index contributed by atoms with van der Waals surface area (Å²) in [4.78, 5) is 44.9. The number of carbonyl (C=O) groups is 3. The smallest absolute Gasteiger partial charge is 0.264 e. The van der Waals surface area contributed by atoms with Gasteiger partial charge in [0.1, 0.15) is 5.70 Å². The summed E-state index contributed by atoms with van der Waals surface area (Å²) in [5, 5.41) is 0. The second-order valence-electron chi connectivity index (χ2n) is 6.72. The highest BCUT2D eigenvalue weighted by Crippen LogP contribution is 2.40. The number of nitrogens with zero attached hydrogens (tertiary/aromatic N) is 2. The molecule has 0 N–H and O–H groups in total. The molecule has 0 fully saturated rings. The van der Waals surface area contributed by atoms with Gasteiger partial charge in [0.15, 0.2) is 5.78 Å². The lowest BCUT2D eigenvalue weighted by Crippen LogP contribution is -2.30. The summed E-state index contributed by atoms with van der Waals surface area (Å²) in [6.07, 6.45) is 3.37. The predicted octanol–water partition coefficient (Wildman–Crippen LogP) is 3.62. The Balaban J connectivity index is 1.72. The fourth-order valence-electron chi connectivity index (χ4n) is 3.83. The van der Waals surface area contributed by atoms with Crippen molar-refractivity contribution in [1.29, 1.82) is 0 Å². The van der Waals surface area contributed by atoms with Gasteiger partial charge in [0.05, 0.1) is 11.3 Å². The molecule has 1 aliphatic heterocycles. The van der Waals surface area contributed by atoms with E-state index in [0.717, 1.165) is 5.56 Å². The fourth-order valence-corrected chi connectivity index (χ4v) is 3.83. The molecule has 2 heterocycles. The van der Waals surface area contributed by atoms with Crippen LogP contribution in [0.5, 0.6) is 0 Å². The van der Waals surface area contributed by atoms with Crippen LogP contribution in [0.3, 0.4) is 0 Å². The van der Waals surface area contributed by atoms with E-state index in [1.807, 2.05) is 12.1 Å². The summed E-state index contributed by atoms with van der Waals surface area (Å²) < 4.78 is 0. The molecule has 5 heteroatoms. The fraction of sp³-hybridized carbons (Fsp3) is 0.0435. The molecule has 1 aliphatic carbocycles. The van der Waals surface area contributed by atoms with Gasteiger partial charge in [0, 0.05) is 35.5 Å². The zero-order valence-electron chi connectivity index (χ0n) is 14.8. The number of pyridine rings is 1. The summed E-state index contributed by atoms with van der Waals surface area (Å²) in [5.74, 6) is -0.877.